The van der Waals surface area contributed by atoms with Crippen LogP contribution in [0.3, 0.4) is 0 Å². The molecule has 2 N–H and O–H groups in total. The Labute approximate surface area is 154 Å². The number of rotatable bonds is 4. The molecule has 0 unspecified atom stereocenters. The summed E-state index contributed by atoms with van der Waals surface area (Å²) >= 11 is 1.20. The van der Waals surface area contributed by atoms with Crippen molar-refractivity contribution in [2.45, 2.75) is 12.8 Å². The molecule has 0 aliphatic carbocycles. The molecule has 6 nitrogen and oxygen atoms in total. The fraction of sp³-hybridized carbons (Fsp3) is 0.211. The van der Waals surface area contributed by atoms with Gasteiger partial charge >= 0.3 is 0 Å². The summed E-state index contributed by atoms with van der Waals surface area (Å²) in [6.07, 6.45) is 1.58. The first-order valence-electron chi connectivity index (χ1n) is 8.38. The van der Waals surface area contributed by atoms with E-state index in [1.54, 1.807) is 0 Å². The van der Waals surface area contributed by atoms with E-state index >= 15 is 0 Å². The average molecular weight is 367 g/mol. The molecule has 132 valence electrons. The van der Waals surface area contributed by atoms with Crippen LogP contribution in [0.15, 0.2) is 42.5 Å². The van der Waals surface area contributed by atoms with E-state index in [9.17, 15) is 9.59 Å². The predicted molar refractivity (Wildman–Crippen MR) is 101 cm³/mol. The van der Waals surface area contributed by atoms with Crippen molar-refractivity contribution in [2.75, 3.05) is 18.5 Å². The molecule has 2 amide bonds. The third-order valence-corrected chi connectivity index (χ3v) is 5.13. The number of carbonyl (C=O) groups is 2. The normalized spacial score (nSPS) is 13.6. The molecule has 2 heterocycles. The van der Waals surface area contributed by atoms with Crippen LogP contribution < -0.4 is 15.4 Å². The maximum atomic E-state index is 12.1. The molecule has 1 aliphatic heterocycles. The van der Waals surface area contributed by atoms with Crippen molar-refractivity contribution < 1.29 is 14.3 Å². The van der Waals surface area contributed by atoms with Gasteiger partial charge in [-0.05, 0) is 35.7 Å². The van der Waals surface area contributed by atoms with Gasteiger partial charge in [0.25, 0.3) is 11.8 Å². The molecule has 1 aliphatic rings. The van der Waals surface area contributed by atoms with E-state index < -0.39 is 0 Å². The van der Waals surface area contributed by atoms with Crippen LogP contribution in [0.25, 0.3) is 10.8 Å². The summed E-state index contributed by atoms with van der Waals surface area (Å²) in [4.78, 5) is 29.0. The molecular weight excluding hydrogens is 350 g/mol. The summed E-state index contributed by atoms with van der Waals surface area (Å²) in [5.74, 6) is 0.207. The third-order valence-electron chi connectivity index (χ3n) is 4.12. The second-order valence-electron chi connectivity index (χ2n) is 6.00. The lowest BCUT2D eigenvalue weighted by atomic mass is 10.1. The average Bonchev–Trinajstić information content (AvgIpc) is 2.98. The maximum Gasteiger partial charge on any atom is 0.264 e. The highest BCUT2D eigenvalue weighted by Crippen LogP contribution is 2.25. The first kappa shape index (κ1) is 16.5. The molecule has 4 rings (SSSR count). The number of ether oxygens (including phenoxy) is 1. The van der Waals surface area contributed by atoms with E-state index in [1.165, 1.54) is 11.3 Å². The molecule has 0 atom stereocenters. The highest BCUT2D eigenvalue weighted by atomic mass is 32.1. The minimum Gasteiger partial charge on any atom is -0.484 e. The van der Waals surface area contributed by atoms with Gasteiger partial charge in [-0.15, -0.1) is 0 Å². The van der Waals surface area contributed by atoms with Crippen molar-refractivity contribution >= 4 is 39.1 Å². The lowest BCUT2D eigenvalue weighted by molar-refractivity contribution is -0.118. The number of amides is 2. The van der Waals surface area contributed by atoms with Crippen molar-refractivity contribution in [3.63, 3.8) is 0 Å². The molecule has 0 fully saturated rings. The molecule has 0 bridgehead atoms. The Balaban J connectivity index is 1.39. The van der Waals surface area contributed by atoms with Gasteiger partial charge in [0.1, 0.15) is 10.6 Å². The fourth-order valence-electron chi connectivity index (χ4n) is 2.85. The van der Waals surface area contributed by atoms with Crippen LogP contribution in [0.1, 0.15) is 21.8 Å². The quantitative estimate of drug-likeness (QED) is 0.743. The summed E-state index contributed by atoms with van der Waals surface area (Å²) in [6.45, 7) is 0.540. The smallest absolute Gasteiger partial charge is 0.264 e. The maximum absolute atomic E-state index is 12.1. The van der Waals surface area contributed by atoms with Crippen molar-refractivity contribution in [1.29, 1.82) is 0 Å². The van der Waals surface area contributed by atoms with Gasteiger partial charge in [0, 0.05) is 6.54 Å². The zero-order valence-electron chi connectivity index (χ0n) is 14.0. The second-order valence-corrected chi connectivity index (χ2v) is 7.00. The van der Waals surface area contributed by atoms with Crippen molar-refractivity contribution in [2.24, 2.45) is 0 Å². The Morgan fingerprint density at radius 3 is 2.96 bits per heavy atom. The summed E-state index contributed by atoms with van der Waals surface area (Å²) in [5.41, 5.74) is 0.746. The number of hydrogen-bond acceptors (Lipinski definition) is 5. The van der Waals surface area contributed by atoms with E-state index in [2.05, 4.69) is 15.6 Å². The van der Waals surface area contributed by atoms with Crippen LogP contribution in [0.2, 0.25) is 0 Å². The van der Waals surface area contributed by atoms with Crippen molar-refractivity contribution in [3.05, 3.63) is 53.0 Å². The Kier molecular flexibility index (Phi) is 4.53. The van der Waals surface area contributed by atoms with E-state index in [0.29, 0.717) is 22.3 Å². The molecule has 7 heteroatoms. The van der Waals surface area contributed by atoms with Crippen LogP contribution in [-0.2, 0) is 11.2 Å². The fourth-order valence-corrected chi connectivity index (χ4v) is 3.80. The van der Waals surface area contributed by atoms with Gasteiger partial charge < -0.3 is 10.1 Å². The monoisotopic (exact) mass is 367 g/mol. The highest BCUT2D eigenvalue weighted by Gasteiger charge is 2.21. The number of benzene rings is 2. The topological polar surface area (TPSA) is 80.3 Å². The minimum atomic E-state index is -0.303. The van der Waals surface area contributed by atoms with E-state index in [-0.39, 0.29) is 18.4 Å². The van der Waals surface area contributed by atoms with E-state index in [4.69, 9.17) is 4.74 Å². The van der Waals surface area contributed by atoms with Crippen LogP contribution in [0.4, 0.5) is 5.13 Å². The first-order valence-corrected chi connectivity index (χ1v) is 9.20. The molecule has 0 radical (unpaired) electrons. The predicted octanol–water partition coefficient (Wildman–Crippen LogP) is 2.99. The zero-order chi connectivity index (χ0) is 17.9. The Hall–Kier alpha value is -2.93. The standard InChI is InChI=1S/C19H17N3O3S/c23-16(11-25-14-8-7-12-4-1-2-5-13(12)10-14)22-19-21-15-6-3-9-20-18(24)17(15)26-19/h1-2,4-5,7-8,10H,3,6,9,11H2,(H,20,24)(H,21,22,23). The Bertz CT molecular complexity index is 983. The van der Waals surface area contributed by atoms with Crippen LogP contribution in [0, 0.1) is 0 Å². The third kappa shape index (κ3) is 3.52. The number of nitrogens with one attached hydrogen (secondary N) is 2. The Morgan fingerprint density at radius 2 is 2.08 bits per heavy atom. The minimum absolute atomic E-state index is 0.116. The molecular formula is C19H17N3O3S. The number of aryl methyl sites for hydroxylation is 1. The number of carbonyl (C=O) groups excluding carboxylic acids is 2. The summed E-state index contributed by atoms with van der Waals surface area (Å²) in [7, 11) is 0. The van der Waals surface area contributed by atoms with Crippen molar-refractivity contribution in [3.8, 4) is 5.75 Å². The number of nitrogens with zero attached hydrogens (tertiary/aromatic N) is 1. The van der Waals surface area contributed by atoms with Gasteiger partial charge in [0.05, 0.1) is 5.69 Å². The summed E-state index contributed by atoms with van der Waals surface area (Å²) in [5, 5.41) is 8.14. The van der Waals surface area contributed by atoms with E-state index in [1.807, 2.05) is 42.5 Å². The van der Waals surface area contributed by atoms with Gasteiger partial charge in [-0.25, -0.2) is 4.98 Å². The zero-order valence-corrected chi connectivity index (χ0v) is 14.8. The molecule has 1 aromatic heterocycles. The van der Waals surface area contributed by atoms with Gasteiger partial charge in [-0.2, -0.15) is 0 Å². The number of fused-ring (bicyclic) bond motifs is 2. The van der Waals surface area contributed by atoms with Gasteiger partial charge in [-0.1, -0.05) is 41.7 Å². The van der Waals surface area contributed by atoms with Gasteiger partial charge in [0.2, 0.25) is 0 Å². The molecule has 26 heavy (non-hydrogen) atoms. The number of aromatic nitrogens is 1. The lowest BCUT2D eigenvalue weighted by Gasteiger charge is -2.07. The number of anilines is 1. The van der Waals surface area contributed by atoms with Crippen LogP contribution in [-0.4, -0.2) is 29.9 Å². The second kappa shape index (κ2) is 7.13. The molecule has 2 aromatic carbocycles. The lowest BCUT2D eigenvalue weighted by Crippen LogP contribution is -2.21. The van der Waals surface area contributed by atoms with E-state index in [0.717, 1.165) is 29.3 Å². The molecule has 0 saturated carbocycles. The first-order chi connectivity index (χ1) is 12.7. The summed E-state index contributed by atoms with van der Waals surface area (Å²) < 4.78 is 5.58. The number of hydrogen-bond donors (Lipinski definition) is 2. The largest absolute Gasteiger partial charge is 0.484 e. The van der Waals surface area contributed by atoms with Crippen LogP contribution >= 0.6 is 11.3 Å². The van der Waals surface area contributed by atoms with Crippen molar-refractivity contribution in [1.82, 2.24) is 10.3 Å². The van der Waals surface area contributed by atoms with Gasteiger partial charge in [0.15, 0.2) is 11.7 Å². The highest BCUT2D eigenvalue weighted by molar-refractivity contribution is 7.17. The number of thiazole rings is 1. The SMILES string of the molecule is O=C(COc1ccc2ccccc2c1)Nc1nc2c(s1)C(=O)NCCC2. The molecule has 0 saturated heterocycles. The summed E-state index contributed by atoms with van der Waals surface area (Å²) in [6, 6.07) is 13.7. The molecule has 0 spiro atoms. The Morgan fingerprint density at radius 1 is 1.23 bits per heavy atom. The molecule has 3 aromatic rings. The van der Waals surface area contributed by atoms with Gasteiger partial charge in [-0.3, -0.25) is 14.9 Å². The van der Waals surface area contributed by atoms with Crippen LogP contribution in [0.5, 0.6) is 5.75 Å².